The second-order valence-electron chi connectivity index (χ2n) is 5.07. The van der Waals surface area contributed by atoms with Crippen LogP contribution in [0.15, 0.2) is 59.3 Å². The van der Waals surface area contributed by atoms with Gasteiger partial charge in [-0.2, -0.15) is 0 Å². The average molecular weight is 339 g/mol. The van der Waals surface area contributed by atoms with E-state index in [-0.39, 0.29) is 5.75 Å². The molecule has 2 aromatic carbocycles. The molecule has 0 unspecified atom stereocenters. The number of anilines is 2. The maximum atomic E-state index is 9.75. The number of aromatic nitrogens is 3. The fourth-order valence-electron chi connectivity index (χ4n) is 2.23. The van der Waals surface area contributed by atoms with Crippen LogP contribution in [0.2, 0.25) is 5.02 Å². The maximum Gasteiger partial charge on any atom is 0.230 e. The third-order valence-electron chi connectivity index (χ3n) is 3.40. The molecule has 0 saturated heterocycles. The zero-order valence-corrected chi connectivity index (χ0v) is 13.0. The van der Waals surface area contributed by atoms with Crippen molar-refractivity contribution in [2.45, 2.75) is 0 Å². The van der Waals surface area contributed by atoms with E-state index in [1.54, 1.807) is 54.9 Å². The number of phenolic OH excluding ortho intramolecular Hbond substituents is 1. The minimum absolute atomic E-state index is 0.126. The molecule has 0 saturated carbocycles. The summed E-state index contributed by atoms with van der Waals surface area (Å²) in [6, 6.07) is 12.1. The molecule has 6 nitrogen and oxygen atoms in total. The standard InChI is InChI=1S/C17H11ClN4O2/c18-11-5-6-15-13(7-11)21-16(24-15)10-8-19-17(20-9-10)22-12-3-1-2-4-14(12)23/h1-9,23H,(H,19,20,22). The van der Waals surface area contributed by atoms with Crippen LogP contribution in [0.1, 0.15) is 0 Å². The van der Waals surface area contributed by atoms with E-state index < -0.39 is 0 Å². The Balaban J connectivity index is 1.62. The number of oxazole rings is 1. The van der Waals surface area contributed by atoms with E-state index in [9.17, 15) is 5.11 Å². The lowest BCUT2D eigenvalue weighted by molar-refractivity contribution is 0.477. The quantitative estimate of drug-likeness (QED) is 0.539. The first-order valence-electron chi connectivity index (χ1n) is 7.12. The summed E-state index contributed by atoms with van der Waals surface area (Å²) >= 11 is 5.95. The van der Waals surface area contributed by atoms with Gasteiger partial charge >= 0.3 is 0 Å². The summed E-state index contributed by atoms with van der Waals surface area (Å²) in [6.07, 6.45) is 3.20. The van der Waals surface area contributed by atoms with Crippen molar-refractivity contribution in [3.63, 3.8) is 0 Å². The highest BCUT2D eigenvalue weighted by Crippen LogP contribution is 2.27. The number of fused-ring (bicyclic) bond motifs is 1. The van der Waals surface area contributed by atoms with Crippen molar-refractivity contribution < 1.29 is 9.52 Å². The Bertz CT molecular complexity index is 1010. The predicted molar refractivity (Wildman–Crippen MR) is 91.4 cm³/mol. The molecule has 0 aliphatic rings. The fraction of sp³-hybridized carbons (Fsp3) is 0. The van der Waals surface area contributed by atoms with Crippen LogP contribution in [0.5, 0.6) is 5.75 Å². The summed E-state index contributed by atoms with van der Waals surface area (Å²) < 4.78 is 5.68. The van der Waals surface area contributed by atoms with Gasteiger partial charge in [-0.15, -0.1) is 0 Å². The Labute approximate surface area is 141 Å². The second kappa shape index (κ2) is 5.82. The lowest BCUT2D eigenvalue weighted by Gasteiger charge is -2.06. The number of phenols is 1. The Kier molecular flexibility index (Phi) is 3.51. The van der Waals surface area contributed by atoms with Gasteiger partial charge in [-0.1, -0.05) is 23.7 Å². The molecule has 0 aliphatic heterocycles. The summed E-state index contributed by atoms with van der Waals surface area (Å²) in [7, 11) is 0. The Morgan fingerprint density at radius 1 is 1.04 bits per heavy atom. The summed E-state index contributed by atoms with van der Waals surface area (Å²) in [4.78, 5) is 12.8. The minimum atomic E-state index is 0.126. The number of halogens is 1. The number of para-hydroxylation sites is 2. The third-order valence-corrected chi connectivity index (χ3v) is 3.63. The highest BCUT2D eigenvalue weighted by Gasteiger charge is 2.10. The van der Waals surface area contributed by atoms with E-state index in [1.807, 2.05) is 0 Å². The predicted octanol–water partition coefficient (Wildman–Crippen LogP) is 4.39. The Morgan fingerprint density at radius 3 is 2.62 bits per heavy atom. The van der Waals surface area contributed by atoms with E-state index in [4.69, 9.17) is 16.0 Å². The lowest BCUT2D eigenvalue weighted by atomic mass is 10.3. The van der Waals surface area contributed by atoms with Gasteiger partial charge in [0.15, 0.2) is 5.58 Å². The molecule has 2 N–H and O–H groups in total. The number of hydrogen-bond acceptors (Lipinski definition) is 6. The fourth-order valence-corrected chi connectivity index (χ4v) is 2.39. The van der Waals surface area contributed by atoms with Crippen molar-refractivity contribution in [3.8, 4) is 17.2 Å². The molecule has 0 aliphatic carbocycles. The molecule has 4 rings (SSSR count). The van der Waals surface area contributed by atoms with Crippen LogP contribution in [-0.4, -0.2) is 20.1 Å². The molecular formula is C17H11ClN4O2. The monoisotopic (exact) mass is 338 g/mol. The van der Waals surface area contributed by atoms with Crippen molar-refractivity contribution in [1.29, 1.82) is 0 Å². The van der Waals surface area contributed by atoms with Crippen LogP contribution in [0.4, 0.5) is 11.6 Å². The van der Waals surface area contributed by atoms with Crippen LogP contribution in [0, 0.1) is 0 Å². The van der Waals surface area contributed by atoms with Crippen LogP contribution in [-0.2, 0) is 0 Å². The first kappa shape index (κ1) is 14.5. The minimum Gasteiger partial charge on any atom is -0.506 e. The van der Waals surface area contributed by atoms with Crippen LogP contribution in [0.25, 0.3) is 22.6 Å². The van der Waals surface area contributed by atoms with Crippen molar-refractivity contribution in [1.82, 2.24) is 15.0 Å². The van der Waals surface area contributed by atoms with E-state index in [1.165, 1.54) is 0 Å². The number of nitrogens with one attached hydrogen (secondary N) is 1. The maximum absolute atomic E-state index is 9.75. The topological polar surface area (TPSA) is 84.1 Å². The highest BCUT2D eigenvalue weighted by atomic mass is 35.5. The van der Waals surface area contributed by atoms with Crippen molar-refractivity contribution in [2.75, 3.05) is 5.32 Å². The van der Waals surface area contributed by atoms with E-state index in [0.29, 0.717) is 39.2 Å². The molecule has 7 heteroatoms. The Hall–Kier alpha value is -3.12. The smallest absolute Gasteiger partial charge is 0.230 e. The molecule has 0 spiro atoms. The number of nitrogens with zero attached hydrogens (tertiary/aromatic N) is 3. The number of benzene rings is 2. The third kappa shape index (κ3) is 2.75. The molecule has 2 aromatic heterocycles. The zero-order chi connectivity index (χ0) is 16.5. The SMILES string of the molecule is Oc1ccccc1Nc1ncc(-c2nc3cc(Cl)ccc3o2)cn1. The van der Waals surface area contributed by atoms with E-state index in [2.05, 4.69) is 20.3 Å². The largest absolute Gasteiger partial charge is 0.506 e. The number of hydrogen-bond donors (Lipinski definition) is 2. The molecule has 24 heavy (non-hydrogen) atoms. The van der Waals surface area contributed by atoms with Crippen LogP contribution < -0.4 is 5.32 Å². The molecule has 4 aromatic rings. The first-order chi connectivity index (χ1) is 11.7. The normalized spacial score (nSPS) is 10.9. The summed E-state index contributed by atoms with van der Waals surface area (Å²) in [5, 5.41) is 13.3. The van der Waals surface area contributed by atoms with Gasteiger partial charge in [0.2, 0.25) is 11.8 Å². The summed E-state index contributed by atoms with van der Waals surface area (Å²) in [5.74, 6) is 0.904. The highest BCUT2D eigenvalue weighted by molar-refractivity contribution is 6.31. The Morgan fingerprint density at radius 2 is 1.83 bits per heavy atom. The van der Waals surface area contributed by atoms with Crippen molar-refractivity contribution >= 4 is 34.3 Å². The van der Waals surface area contributed by atoms with Gasteiger partial charge in [-0.3, -0.25) is 0 Å². The molecule has 2 heterocycles. The molecule has 0 atom stereocenters. The molecular weight excluding hydrogens is 328 g/mol. The van der Waals surface area contributed by atoms with Crippen molar-refractivity contribution in [3.05, 3.63) is 59.9 Å². The summed E-state index contributed by atoms with van der Waals surface area (Å²) in [6.45, 7) is 0. The molecule has 0 fully saturated rings. The second-order valence-corrected chi connectivity index (χ2v) is 5.50. The van der Waals surface area contributed by atoms with Gasteiger partial charge < -0.3 is 14.8 Å². The van der Waals surface area contributed by atoms with Crippen LogP contribution >= 0.6 is 11.6 Å². The molecule has 0 bridgehead atoms. The number of rotatable bonds is 3. The van der Waals surface area contributed by atoms with Gasteiger partial charge in [0.1, 0.15) is 11.3 Å². The van der Waals surface area contributed by atoms with Gasteiger partial charge in [0, 0.05) is 17.4 Å². The van der Waals surface area contributed by atoms with E-state index in [0.717, 1.165) is 0 Å². The first-order valence-corrected chi connectivity index (χ1v) is 7.50. The van der Waals surface area contributed by atoms with Crippen LogP contribution in [0.3, 0.4) is 0 Å². The molecule has 0 radical (unpaired) electrons. The van der Waals surface area contributed by atoms with Gasteiger partial charge in [-0.05, 0) is 30.3 Å². The zero-order valence-electron chi connectivity index (χ0n) is 12.3. The van der Waals surface area contributed by atoms with Gasteiger partial charge in [0.05, 0.1) is 11.3 Å². The van der Waals surface area contributed by atoms with E-state index >= 15 is 0 Å². The molecule has 0 amide bonds. The summed E-state index contributed by atoms with van der Waals surface area (Å²) in [5.41, 5.74) is 2.49. The lowest BCUT2D eigenvalue weighted by Crippen LogP contribution is -1.97. The van der Waals surface area contributed by atoms with Gasteiger partial charge in [0.25, 0.3) is 0 Å². The van der Waals surface area contributed by atoms with Gasteiger partial charge in [-0.25, -0.2) is 15.0 Å². The molecule has 118 valence electrons. The van der Waals surface area contributed by atoms with Crippen molar-refractivity contribution in [2.24, 2.45) is 0 Å². The average Bonchev–Trinajstić information content (AvgIpc) is 3.01. The number of aromatic hydroxyl groups is 1.